The van der Waals surface area contributed by atoms with E-state index in [0.29, 0.717) is 5.92 Å². The molecule has 0 spiro atoms. The molecular weight excluding hydrogens is 350 g/mol. The van der Waals surface area contributed by atoms with Gasteiger partial charge in [-0.25, -0.2) is 4.98 Å². The van der Waals surface area contributed by atoms with Crippen molar-refractivity contribution >= 4 is 22.2 Å². The summed E-state index contributed by atoms with van der Waals surface area (Å²) >= 11 is 1.58. The zero-order chi connectivity index (χ0) is 18.5. The summed E-state index contributed by atoms with van der Waals surface area (Å²) in [5.74, 6) is 0.715. The van der Waals surface area contributed by atoms with Gasteiger partial charge in [0.1, 0.15) is 0 Å². The van der Waals surface area contributed by atoms with Gasteiger partial charge in [0.25, 0.3) is 0 Å². The summed E-state index contributed by atoms with van der Waals surface area (Å²) < 4.78 is 0. The first-order valence-corrected chi connectivity index (χ1v) is 10.6. The van der Waals surface area contributed by atoms with Gasteiger partial charge >= 0.3 is 0 Å². The van der Waals surface area contributed by atoms with Crippen LogP contribution in [-0.4, -0.2) is 10.7 Å². The third kappa shape index (κ3) is 4.45. The molecule has 4 heteroatoms. The number of nitrogens with one attached hydrogen (secondary N) is 1. The summed E-state index contributed by atoms with van der Waals surface area (Å²) in [5.41, 5.74) is 8.87. The van der Waals surface area contributed by atoms with Crippen molar-refractivity contribution in [2.45, 2.75) is 44.9 Å². The Morgan fingerprint density at radius 1 is 1.04 bits per heavy atom. The summed E-state index contributed by atoms with van der Waals surface area (Å²) in [6, 6.07) is 19.1. The van der Waals surface area contributed by atoms with Crippen molar-refractivity contribution in [2.75, 3.05) is 5.43 Å². The summed E-state index contributed by atoms with van der Waals surface area (Å²) in [6.07, 6.45) is 6.74. The van der Waals surface area contributed by atoms with Gasteiger partial charge in [-0.15, -0.1) is 11.3 Å². The van der Waals surface area contributed by atoms with Gasteiger partial charge in [-0.3, -0.25) is 5.43 Å². The van der Waals surface area contributed by atoms with Gasteiger partial charge in [-0.2, -0.15) is 5.10 Å². The van der Waals surface area contributed by atoms with Crippen LogP contribution in [-0.2, 0) is 0 Å². The molecule has 0 unspecified atom stereocenters. The van der Waals surface area contributed by atoms with Crippen LogP contribution in [0.3, 0.4) is 0 Å². The van der Waals surface area contributed by atoms with E-state index in [1.165, 1.54) is 43.2 Å². The Balaban J connectivity index is 1.46. The zero-order valence-electron chi connectivity index (χ0n) is 15.7. The lowest BCUT2D eigenvalue weighted by atomic mass is 9.83. The standard InChI is InChI=1S/C23H25N3S/c1-17(20-13-8-14-21(15-20)18-9-4-2-5-10-18)25-26-23-24-22(16-27-23)19-11-6-3-7-12-19/h3,6-8,11-16,18H,2,4-5,9-10H2,1H3,(H,24,26)/b25-17-. The third-order valence-corrected chi connectivity index (χ3v) is 6.02. The molecule has 2 aromatic carbocycles. The Bertz CT molecular complexity index is 908. The Morgan fingerprint density at radius 3 is 2.67 bits per heavy atom. The lowest BCUT2D eigenvalue weighted by Gasteiger charge is -2.22. The number of aromatic nitrogens is 1. The molecular formula is C23H25N3S. The summed E-state index contributed by atoms with van der Waals surface area (Å²) in [4.78, 5) is 4.64. The highest BCUT2D eigenvalue weighted by atomic mass is 32.1. The average molecular weight is 376 g/mol. The van der Waals surface area contributed by atoms with Crippen LogP contribution in [0, 0.1) is 0 Å². The van der Waals surface area contributed by atoms with Crippen molar-refractivity contribution in [3.63, 3.8) is 0 Å². The second-order valence-electron chi connectivity index (χ2n) is 7.17. The molecule has 0 aliphatic heterocycles. The number of thiazole rings is 1. The first kappa shape index (κ1) is 17.9. The monoisotopic (exact) mass is 375 g/mol. The van der Waals surface area contributed by atoms with E-state index in [9.17, 15) is 0 Å². The number of nitrogens with zero attached hydrogens (tertiary/aromatic N) is 2. The topological polar surface area (TPSA) is 37.3 Å². The second kappa shape index (κ2) is 8.49. The molecule has 0 atom stereocenters. The van der Waals surface area contributed by atoms with Crippen LogP contribution < -0.4 is 5.43 Å². The highest BCUT2D eigenvalue weighted by molar-refractivity contribution is 7.14. The first-order valence-electron chi connectivity index (χ1n) is 9.71. The summed E-state index contributed by atoms with van der Waals surface area (Å²) in [7, 11) is 0. The Kier molecular flexibility index (Phi) is 5.64. The van der Waals surface area contributed by atoms with E-state index in [-0.39, 0.29) is 0 Å². The van der Waals surface area contributed by atoms with Crippen molar-refractivity contribution in [3.05, 3.63) is 71.1 Å². The number of anilines is 1. The van der Waals surface area contributed by atoms with Crippen molar-refractivity contribution in [3.8, 4) is 11.3 Å². The molecule has 1 N–H and O–H groups in total. The van der Waals surface area contributed by atoms with Crippen molar-refractivity contribution in [1.29, 1.82) is 0 Å². The Morgan fingerprint density at radius 2 is 1.85 bits per heavy atom. The first-order chi connectivity index (χ1) is 13.3. The molecule has 0 radical (unpaired) electrons. The minimum atomic E-state index is 0.715. The van der Waals surface area contributed by atoms with E-state index in [2.05, 4.69) is 64.2 Å². The lowest BCUT2D eigenvalue weighted by molar-refractivity contribution is 0.443. The van der Waals surface area contributed by atoms with E-state index in [4.69, 9.17) is 0 Å². The fourth-order valence-electron chi connectivity index (χ4n) is 3.72. The maximum absolute atomic E-state index is 4.64. The minimum Gasteiger partial charge on any atom is -0.252 e. The van der Waals surface area contributed by atoms with Crippen LogP contribution >= 0.6 is 11.3 Å². The van der Waals surface area contributed by atoms with Gasteiger partial charge in [0.15, 0.2) is 0 Å². The van der Waals surface area contributed by atoms with Crippen LogP contribution in [0.5, 0.6) is 0 Å². The predicted molar refractivity (Wildman–Crippen MR) is 116 cm³/mol. The van der Waals surface area contributed by atoms with Crippen molar-refractivity contribution in [1.82, 2.24) is 4.98 Å². The average Bonchev–Trinajstić information content (AvgIpc) is 3.22. The Hall–Kier alpha value is -2.46. The number of hydrogen-bond acceptors (Lipinski definition) is 4. The number of hydrogen-bond donors (Lipinski definition) is 1. The lowest BCUT2D eigenvalue weighted by Crippen LogP contribution is -2.06. The normalized spacial score (nSPS) is 15.7. The van der Waals surface area contributed by atoms with Gasteiger partial charge in [-0.1, -0.05) is 67.8 Å². The van der Waals surface area contributed by atoms with Gasteiger partial charge in [0.05, 0.1) is 11.4 Å². The molecule has 1 aliphatic rings. The maximum Gasteiger partial charge on any atom is 0.203 e. The quantitative estimate of drug-likeness (QED) is 0.398. The maximum atomic E-state index is 4.64. The highest BCUT2D eigenvalue weighted by Crippen LogP contribution is 2.33. The van der Waals surface area contributed by atoms with Gasteiger partial charge in [0.2, 0.25) is 5.13 Å². The molecule has 1 fully saturated rings. The predicted octanol–water partition coefficient (Wildman–Crippen LogP) is 6.69. The van der Waals surface area contributed by atoms with Crippen LogP contribution in [0.1, 0.15) is 56.1 Å². The van der Waals surface area contributed by atoms with Gasteiger partial charge in [-0.05, 0) is 42.9 Å². The molecule has 3 aromatic rings. The SMILES string of the molecule is C/C(=N/Nc1nc(-c2ccccc2)cs1)c1cccc(C2CCCCC2)c1. The van der Waals surface area contributed by atoms with Crippen molar-refractivity contribution in [2.24, 2.45) is 5.10 Å². The van der Waals surface area contributed by atoms with Gasteiger partial charge < -0.3 is 0 Å². The third-order valence-electron chi connectivity index (χ3n) is 5.27. The van der Waals surface area contributed by atoms with E-state index >= 15 is 0 Å². The van der Waals surface area contributed by atoms with E-state index in [0.717, 1.165) is 22.1 Å². The number of benzene rings is 2. The zero-order valence-corrected chi connectivity index (χ0v) is 16.5. The van der Waals surface area contributed by atoms with E-state index in [1.54, 1.807) is 11.3 Å². The number of rotatable bonds is 5. The molecule has 1 saturated carbocycles. The van der Waals surface area contributed by atoms with Crippen LogP contribution in [0.2, 0.25) is 0 Å². The molecule has 138 valence electrons. The molecule has 27 heavy (non-hydrogen) atoms. The second-order valence-corrected chi connectivity index (χ2v) is 8.03. The molecule has 0 amide bonds. The molecule has 0 saturated heterocycles. The van der Waals surface area contributed by atoms with E-state index < -0.39 is 0 Å². The molecule has 1 aliphatic carbocycles. The largest absolute Gasteiger partial charge is 0.252 e. The van der Waals surface area contributed by atoms with Crippen LogP contribution in [0.4, 0.5) is 5.13 Å². The van der Waals surface area contributed by atoms with Crippen molar-refractivity contribution < 1.29 is 0 Å². The fraction of sp³-hybridized carbons (Fsp3) is 0.304. The summed E-state index contributed by atoms with van der Waals surface area (Å²) in [5, 5.41) is 7.45. The Labute approximate surface area is 165 Å². The molecule has 3 nitrogen and oxygen atoms in total. The smallest absolute Gasteiger partial charge is 0.203 e. The molecule has 1 heterocycles. The van der Waals surface area contributed by atoms with Crippen LogP contribution in [0.25, 0.3) is 11.3 Å². The number of hydrazone groups is 1. The van der Waals surface area contributed by atoms with E-state index in [1.807, 2.05) is 18.2 Å². The van der Waals surface area contributed by atoms with Gasteiger partial charge in [0, 0.05) is 10.9 Å². The fourth-order valence-corrected chi connectivity index (χ4v) is 4.38. The minimum absolute atomic E-state index is 0.715. The summed E-state index contributed by atoms with van der Waals surface area (Å²) in [6.45, 7) is 2.05. The van der Waals surface area contributed by atoms with Crippen LogP contribution in [0.15, 0.2) is 65.1 Å². The molecule has 0 bridgehead atoms. The highest BCUT2D eigenvalue weighted by Gasteiger charge is 2.15. The molecule has 4 rings (SSSR count). The molecule has 1 aromatic heterocycles.